The van der Waals surface area contributed by atoms with Gasteiger partial charge in [0.1, 0.15) is 18.0 Å². The second-order valence-electron chi connectivity index (χ2n) is 7.35. The van der Waals surface area contributed by atoms with Gasteiger partial charge in [-0.05, 0) is 70.0 Å². The number of rotatable bonds is 6. The quantitative estimate of drug-likeness (QED) is 0.319. The van der Waals surface area contributed by atoms with Crippen LogP contribution in [0.2, 0.25) is 5.02 Å². The molecule has 4 amide bonds. The fourth-order valence-electron chi connectivity index (χ4n) is 3.38. The van der Waals surface area contributed by atoms with Gasteiger partial charge >= 0.3 is 6.03 Å². The van der Waals surface area contributed by atoms with Gasteiger partial charge in [-0.2, -0.15) is 0 Å². The van der Waals surface area contributed by atoms with Gasteiger partial charge in [-0.1, -0.05) is 29.8 Å². The summed E-state index contributed by atoms with van der Waals surface area (Å²) in [5.41, 5.74) is 0.791. The minimum absolute atomic E-state index is 0.0406. The molecule has 3 aromatic rings. The Hall–Kier alpha value is -3.69. The molecule has 0 aromatic heterocycles. The van der Waals surface area contributed by atoms with Crippen LogP contribution >= 0.6 is 27.5 Å². The van der Waals surface area contributed by atoms with E-state index in [1.165, 1.54) is 43.5 Å². The average molecular weight is 560 g/mol. The summed E-state index contributed by atoms with van der Waals surface area (Å²) < 4.78 is 25.6. The first kappa shape index (κ1) is 24.4. The number of benzene rings is 3. The number of halogens is 3. The number of anilines is 1. The Labute approximate surface area is 213 Å². The highest BCUT2D eigenvalue weighted by Crippen LogP contribution is 2.38. The van der Waals surface area contributed by atoms with Gasteiger partial charge in [0, 0.05) is 10.6 Å². The van der Waals surface area contributed by atoms with E-state index in [1.54, 1.807) is 30.3 Å². The van der Waals surface area contributed by atoms with Crippen molar-refractivity contribution in [3.63, 3.8) is 0 Å². The van der Waals surface area contributed by atoms with Crippen molar-refractivity contribution in [2.75, 3.05) is 12.0 Å². The monoisotopic (exact) mass is 558 g/mol. The van der Waals surface area contributed by atoms with Gasteiger partial charge in [0.2, 0.25) is 0 Å². The molecule has 0 spiro atoms. The first-order valence-corrected chi connectivity index (χ1v) is 11.4. The lowest BCUT2D eigenvalue weighted by atomic mass is 10.1. The van der Waals surface area contributed by atoms with Crippen molar-refractivity contribution in [2.24, 2.45) is 0 Å². The Bertz CT molecular complexity index is 1360. The molecule has 0 unspecified atom stereocenters. The van der Waals surface area contributed by atoms with Crippen LogP contribution < -0.4 is 19.7 Å². The van der Waals surface area contributed by atoms with E-state index in [-0.39, 0.29) is 23.6 Å². The van der Waals surface area contributed by atoms with Crippen molar-refractivity contribution in [1.82, 2.24) is 5.32 Å². The smallest absolute Gasteiger partial charge is 0.335 e. The molecule has 7 nitrogen and oxygen atoms in total. The molecule has 35 heavy (non-hydrogen) atoms. The van der Waals surface area contributed by atoms with Crippen LogP contribution in [-0.4, -0.2) is 25.0 Å². The zero-order valence-electron chi connectivity index (χ0n) is 18.2. The number of barbiturate groups is 1. The summed E-state index contributed by atoms with van der Waals surface area (Å²) in [6.45, 7) is -0.0406. The Balaban J connectivity index is 1.64. The lowest BCUT2D eigenvalue weighted by molar-refractivity contribution is -0.122. The van der Waals surface area contributed by atoms with E-state index in [0.29, 0.717) is 26.4 Å². The number of urea groups is 1. The van der Waals surface area contributed by atoms with Gasteiger partial charge in [-0.3, -0.25) is 14.9 Å². The topological polar surface area (TPSA) is 84.9 Å². The Morgan fingerprint density at radius 2 is 1.80 bits per heavy atom. The zero-order valence-corrected chi connectivity index (χ0v) is 20.5. The van der Waals surface area contributed by atoms with E-state index in [0.717, 1.165) is 4.90 Å². The third kappa shape index (κ3) is 5.21. The molecule has 1 N–H and O–H groups in total. The van der Waals surface area contributed by atoms with Crippen LogP contribution in [0.1, 0.15) is 11.1 Å². The number of nitrogens with one attached hydrogen (secondary N) is 1. The van der Waals surface area contributed by atoms with Gasteiger partial charge < -0.3 is 9.47 Å². The first-order chi connectivity index (χ1) is 16.8. The van der Waals surface area contributed by atoms with E-state index in [1.807, 2.05) is 0 Å². The molecule has 1 heterocycles. The SMILES string of the molecule is COc1cc(/C=C2\C(=O)NC(=O)N(c3ccc(Cl)cc3)C2=O)cc(Br)c1OCc1ccccc1F. The van der Waals surface area contributed by atoms with Crippen molar-refractivity contribution < 1.29 is 28.2 Å². The molecule has 4 rings (SSSR count). The van der Waals surface area contributed by atoms with Crippen LogP contribution in [0, 0.1) is 5.82 Å². The Kier molecular flexibility index (Phi) is 7.18. The number of methoxy groups -OCH3 is 1. The lowest BCUT2D eigenvalue weighted by Crippen LogP contribution is -2.54. The van der Waals surface area contributed by atoms with Gasteiger partial charge in [-0.25, -0.2) is 14.1 Å². The molecule has 0 saturated carbocycles. The second kappa shape index (κ2) is 10.3. The van der Waals surface area contributed by atoms with Crippen LogP contribution in [0.15, 0.2) is 70.7 Å². The first-order valence-electron chi connectivity index (χ1n) is 10.2. The zero-order chi connectivity index (χ0) is 25.1. The average Bonchev–Trinajstić information content (AvgIpc) is 2.83. The number of carbonyl (C=O) groups is 3. The number of hydrogen-bond donors (Lipinski definition) is 1. The molecule has 10 heteroatoms. The third-order valence-electron chi connectivity index (χ3n) is 5.08. The van der Waals surface area contributed by atoms with Crippen molar-refractivity contribution >= 4 is 57.1 Å². The summed E-state index contributed by atoms with van der Waals surface area (Å²) in [7, 11) is 1.42. The highest BCUT2D eigenvalue weighted by atomic mass is 79.9. The van der Waals surface area contributed by atoms with Crippen molar-refractivity contribution in [2.45, 2.75) is 6.61 Å². The second-order valence-corrected chi connectivity index (χ2v) is 8.64. The molecule has 1 aliphatic rings. The number of ether oxygens (including phenoxy) is 2. The molecule has 1 fully saturated rings. The molecule has 3 aromatic carbocycles. The molecular formula is C25H17BrClFN2O5. The number of nitrogens with zero attached hydrogens (tertiary/aromatic N) is 1. The van der Waals surface area contributed by atoms with Crippen LogP contribution in [0.5, 0.6) is 11.5 Å². The van der Waals surface area contributed by atoms with Crippen LogP contribution in [0.25, 0.3) is 6.08 Å². The van der Waals surface area contributed by atoms with E-state index >= 15 is 0 Å². The Morgan fingerprint density at radius 1 is 1.09 bits per heavy atom. The molecule has 0 atom stereocenters. The highest BCUT2D eigenvalue weighted by molar-refractivity contribution is 9.10. The van der Waals surface area contributed by atoms with Crippen LogP contribution in [0.4, 0.5) is 14.9 Å². The number of carbonyl (C=O) groups excluding carboxylic acids is 3. The van der Waals surface area contributed by atoms with E-state index < -0.39 is 23.7 Å². The minimum atomic E-state index is -0.866. The van der Waals surface area contributed by atoms with E-state index in [4.69, 9.17) is 21.1 Å². The predicted octanol–water partition coefficient (Wildman–Crippen LogP) is 5.50. The molecule has 0 bridgehead atoms. The van der Waals surface area contributed by atoms with Gasteiger partial charge in [0.15, 0.2) is 11.5 Å². The molecule has 1 saturated heterocycles. The summed E-state index contributed by atoms with van der Waals surface area (Å²) in [4.78, 5) is 38.8. The van der Waals surface area contributed by atoms with Crippen LogP contribution in [0.3, 0.4) is 0 Å². The predicted molar refractivity (Wildman–Crippen MR) is 132 cm³/mol. The number of amides is 4. The molecule has 0 radical (unpaired) electrons. The van der Waals surface area contributed by atoms with Crippen molar-refractivity contribution in [3.05, 3.63) is 92.7 Å². The number of imide groups is 2. The fraction of sp³-hybridized carbons (Fsp3) is 0.0800. The standard InChI is InChI=1S/C25H17BrClFN2O5/c1-34-21-12-14(11-19(26)22(21)35-13-15-4-2-3-5-20(15)28)10-18-23(31)29-25(33)30(24(18)32)17-8-6-16(27)7-9-17/h2-12H,13H2,1H3,(H,29,31,33)/b18-10+. The minimum Gasteiger partial charge on any atom is -0.493 e. The Morgan fingerprint density at radius 3 is 2.49 bits per heavy atom. The van der Waals surface area contributed by atoms with Crippen molar-refractivity contribution in [3.8, 4) is 11.5 Å². The summed E-state index contributed by atoms with van der Waals surface area (Å²) in [6, 6.07) is 14.6. The normalized spacial score (nSPS) is 14.8. The summed E-state index contributed by atoms with van der Waals surface area (Å²) in [5.74, 6) is -1.42. The summed E-state index contributed by atoms with van der Waals surface area (Å²) in [5, 5.41) is 2.59. The van der Waals surface area contributed by atoms with Gasteiger partial charge in [0.25, 0.3) is 11.8 Å². The van der Waals surface area contributed by atoms with E-state index in [2.05, 4.69) is 21.2 Å². The van der Waals surface area contributed by atoms with E-state index in [9.17, 15) is 18.8 Å². The molecular weight excluding hydrogens is 543 g/mol. The largest absolute Gasteiger partial charge is 0.493 e. The van der Waals surface area contributed by atoms with Gasteiger partial charge in [-0.15, -0.1) is 0 Å². The van der Waals surface area contributed by atoms with Crippen LogP contribution in [-0.2, 0) is 16.2 Å². The maximum absolute atomic E-state index is 13.9. The lowest BCUT2D eigenvalue weighted by Gasteiger charge is -2.26. The molecule has 1 aliphatic heterocycles. The van der Waals surface area contributed by atoms with Crippen molar-refractivity contribution in [1.29, 1.82) is 0 Å². The summed E-state index contributed by atoms with van der Waals surface area (Å²) >= 11 is 9.29. The third-order valence-corrected chi connectivity index (χ3v) is 5.92. The molecule has 178 valence electrons. The highest BCUT2D eigenvalue weighted by Gasteiger charge is 2.36. The fourth-order valence-corrected chi connectivity index (χ4v) is 4.08. The maximum Gasteiger partial charge on any atom is 0.335 e. The summed E-state index contributed by atoms with van der Waals surface area (Å²) in [6.07, 6.45) is 1.33. The molecule has 0 aliphatic carbocycles. The number of hydrogen-bond acceptors (Lipinski definition) is 5. The van der Waals surface area contributed by atoms with Gasteiger partial charge in [0.05, 0.1) is 17.3 Å². The maximum atomic E-state index is 13.9.